The summed E-state index contributed by atoms with van der Waals surface area (Å²) in [5.41, 5.74) is 11.5. The van der Waals surface area contributed by atoms with Gasteiger partial charge in [-0.3, -0.25) is 9.59 Å². The average molecular weight is 636 g/mol. The number of carbonyl (C=O) groups excluding carboxylic acids is 2. The van der Waals surface area contributed by atoms with E-state index in [1.54, 1.807) is 26.0 Å². The van der Waals surface area contributed by atoms with E-state index in [1.807, 2.05) is 81.4 Å². The van der Waals surface area contributed by atoms with Crippen LogP contribution < -0.4 is 11.0 Å². The van der Waals surface area contributed by atoms with Crippen LogP contribution in [0.2, 0.25) is 0 Å². The molecule has 0 radical (unpaired) electrons. The zero-order valence-corrected chi connectivity index (χ0v) is 27.5. The molecule has 2 N–H and O–H groups in total. The third-order valence-electron chi connectivity index (χ3n) is 4.07. The van der Waals surface area contributed by atoms with Crippen molar-refractivity contribution in [1.29, 1.82) is 5.39 Å². The molecule has 10 nitrogen and oxygen atoms in total. The van der Waals surface area contributed by atoms with Crippen LogP contribution in [-0.4, -0.2) is 26.9 Å². The van der Waals surface area contributed by atoms with Gasteiger partial charge in [0, 0.05) is 37.5 Å². The predicted molar refractivity (Wildman–Crippen MR) is 172 cm³/mol. The monoisotopic (exact) mass is 635 g/mol. The Bertz CT molecular complexity index is 1250. The molecule has 3 rings (SSSR count). The zero-order valence-electron chi connectivity index (χ0n) is 26.0. The van der Waals surface area contributed by atoms with E-state index in [0.29, 0.717) is 17.9 Å². The fourth-order valence-electron chi connectivity index (χ4n) is 2.72. The fraction of sp³-hybridized carbons (Fsp3) is 0.258. The Kier molecular flexibility index (Phi) is 31.7. The number of nitrogen functional groups attached to an aromatic ring is 1. The van der Waals surface area contributed by atoms with Crippen molar-refractivity contribution in [1.82, 2.24) is 0 Å². The Morgan fingerprint density at radius 2 is 1.37 bits per heavy atom. The highest BCUT2D eigenvalue weighted by molar-refractivity contribution is 7.73. The topological polar surface area (TPSA) is 170 Å². The Morgan fingerprint density at radius 1 is 0.930 bits per heavy atom. The summed E-state index contributed by atoms with van der Waals surface area (Å²) in [6, 6.07) is 23.2. The molecule has 0 bridgehead atoms. The van der Waals surface area contributed by atoms with Gasteiger partial charge in [-0.05, 0) is 63.4 Å². The fourth-order valence-corrected chi connectivity index (χ4v) is 2.72. The summed E-state index contributed by atoms with van der Waals surface area (Å²) < 4.78 is 24.5. The molecular formula is C31H42ClN3O7S-2. The minimum Gasteiger partial charge on any atom is -0.750 e. The molecule has 3 aromatic rings. The van der Waals surface area contributed by atoms with Crippen LogP contribution in [0.4, 0.5) is 11.4 Å². The number of Topliss-reactive ketones (excluding diaryl/α,β-unsaturated/α-hetero) is 1. The van der Waals surface area contributed by atoms with Crippen LogP contribution in [0.3, 0.4) is 0 Å². The maximum absolute atomic E-state index is 10.7. The molecular weight excluding hydrogens is 594 g/mol. The second-order valence-corrected chi connectivity index (χ2v) is 8.83. The summed E-state index contributed by atoms with van der Waals surface area (Å²) in [5, 5.41) is 16.8. The lowest BCUT2D eigenvalue weighted by Gasteiger charge is -2.05. The molecule has 43 heavy (non-hydrogen) atoms. The maximum atomic E-state index is 10.7. The number of alkyl halides is 1. The van der Waals surface area contributed by atoms with Crippen molar-refractivity contribution in [2.45, 2.75) is 48.0 Å². The Labute approximate surface area is 263 Å². The first-order valence-electron chi connectivity index (χ1n) is 12.1. The van der Waals surface area contributed by atoms with Gasteiger partial charge >= 0.3 is 11.7 Å². The number of benzene rings is 3. The summed E-state index contributed by atoms with van der Waals surface area (Å²) in [6.07, 6.45) is 2.03. The van der Waals surface area contributed by atoms with Crippen molar-refractivity contribution >= 4 is 46.1 Å². The number of rotatable bonds is 4. The Balaban J connectivity index is -0.000000221. The second kappa shape index (κ2) is 29.6. The van der Waals surface area contributed by atoms with Crippen LogP contribution in [0.5, 0.6) is 0 Å². The number of esters is 1. The molecule has 0 saturated carbocycles. The number of aryl methyl sites for hydroxylation is 3. The van der Waals surface area contributed by atoms with Gasteiger partial charge in [0.25, 0.3) is 0 Å². The van der Waals surface area contributed by atoms with E-state index in [9.17, 15) is 9.59 Å². The smallest absolute Gasteiger partial charge is 0.385 e. The van der Waals surface area contributed by atoms with E-state index in [2.05, 4.69) is 32.2 Å². The molecule has 1 atom stereocenters. The third kappa shape index (κ3) is 34.2. The van der Waals surface area contributed by atoms with Crippen LogP contribution in [0.1, 0.15) is 43.0 Å². The second-order valence-electron chi connectivity index (χ2n) is 8.29. The molecule has 0 heterocycles. The highest BCUT2D eigenvalue weighted by atomic mass is 35.5. The number of ketones is 1. The van der Waals surface area contributed by atoms with E-state index < -0.39 is 11.4 Å². The number of anilines is 1. The SMILES string of the molecule is C=C(C)OC(C)=O.CC(=O)Cc1cccc(C)c1.CCl.Cc1cccc(N)c1.Cc1cccc([N+]#N)c1.O=S([O-])O[O-].[CH3-]. The minimum absolute atomic E-state index is 0. The molecule has 238 valence electrons. The number of carbonyl (C=O) groups is 2. The molecule has 3 aromatic carbocycles. The molecule has 0 aliphatic rings. The highest BCUT2D eigenvalue weighted by Gasteiger charge is 2.00. The van der Waals surface area contributed by atoms with Gasteiger partial charge in [-0.2, -0.15) is 0 Å². The first-order chi connectivity index (χ1) is 19.7. The van der Waals surface area contributed by atoms with Gasteiger partial charge in [0.2, 0.25) is 5.39 Å². The molecule has 0 spiro atoms. The molecule has 0 aromatic heterocycles. The van der Waals surface area contributed by atoms with E-state index in [4.69, 9.17) is 25.1 Å². The summed E-state index contributed by atoms with van der Waals surface area (Å²) in [6.45, 7) is 13.9. The Hall–Kier alpha value is -3.92. The molecule has 12 heteroatoms. The van der Waals surface area contributed by atoms with Crippen molar-refractivity contribution < 1.29 is 32.7 Å². The largest absolute Gasteiger partial charge is 0.750 e. The number of diazo groups is 1. The highest BCUT2D eigenvalue weighted by Crippen LogP contribution is 2.12. The van der Waals surface area contributed by atoms with Crippen molar-refractivity contribution in [3.63, 3.8) is 0 Å². The number of hydrogen-bond acceptors (Lipinski definition) is 9. The van der Waals surface area contributed by atoms with Crippen LogP contribution in [-0.2, 0) is 36.4 Å². The predicted octanol–water partition coefficient (Wildman–Crippen LogP) is 6.64. The molecule has 1 unspecified atom stereocenters. The number of nitrogens with zero attached hydrogens (tertiary/aromatic N) is 2. The number of ether oxygens (including phenoxy) is 1. The molecule has 0 aliphatic carbocycles. The van der Waals surface area contributed by atoms with Gasteiger partial charge in [0.15, 0.2) is 4.98 Å². The third-order valence-corrected chi connectivity index (χ3v) is 4.18. The van der Waals surface area contributed by atoms with Gasteiger partial charge < -0.3 is 32.0 Å². The van der Waals surface area contributed by atoms with Gasteiger partial charge in [0.1, 0.15) is 5.78 Å². The number of nitrogens with two attached hydrogens (primary N) is 1. The standard InChI is InChI=1S/C10H12O.C7H7N2.C7H9N.C5H8O2.CH3Cl.CH3.H2O4S/c1-8-4-3-5-10(6-8)7-9(2)11;1-6-3-2-4-7(5-6)9-8;1-6-3-2-4-7(8)5-6;1-4(2)7-5(3)6;1-2;;1-4-5(2)3/h3-6H,7H2,1-2H3;2-5H,1H3;2-5H,8H2,1H3;1H2,2-3H3;1H3;1H3;1H,(H,2,3)/q;+1;;;;-1;/p-2. The summed E-state index contributed by atoms with van der Waals surface area (Å²) in [7, 11) is 0. The summed E-state index contributed by atoms with van der Waals surface area (Å²) >= 11 is 1.76. The van der Waals surface area contributed by atoms with Crippen LogP contribution in [0.25, 0.3) is 4.98 Å². The van der Waals surface area contributed by atoms with Gasteiger partial charge in [0.05, 0.1) is 17.1 Å². The lowest BCUT2D eigenvalue weighted by Crippen LogP contribution is -2.06. The summed E-state index contributed by atoms with van der Waals surface area (Å²) in [4.78, 5) is 23.7. The minimum atomic E-state index is -2.88. The zero-order chi connectivity index (χ0) is 33.1. The molecule has 0 aliphatic heterocycles. The van der Waals surface area contributed by atoms with Gasteiger partial charge in [-0.25, -0.2) is 4.21 Å². The normalized spacial score (nSPS) is 9.05. The van der Waals surface area contributed by atoms with Crippen LogP contribution in [0.15, 0.2) is 85.1 Å². The average Bonchev–Trinajstić information content (AvgIpc) is 2.90. The van der Waals surface area contributed by atoms with E-state index >= 15 is 0 Å². The molecule has 0 saturated heterocycles. The van der Waals surface area contributed by atoms with Crippen LogP contribution in [0, 0.1) is 33.6 Å². The van der Waals surface area contributed by atoms with Crippen molar-refractivity contribution in [3.05, 3.63) is 120 Å². The molecule has 0 fully saturated rings. The van der Waals surface area contributed by atoms with Crippen molar-refractivity contribution in [2.75, 3.05) is 12.1 Å². The van der Waals surface area contributed by atoms with Crippen molar-refractivity contribution in [3.8, 4) is 0 Å². The van der Waals surface area contributed by atoms with Gasteiger partial charge in [-0.1, -0.05) is 60.7 Å². The quantitative estimate of drug-likeness (QED) is 0.0379. The first kappa shape index (κ1) is 46.0. The Morgan fingerprint density at radius 3 is 1.63 bits per heavy atom. The van der Waals surface area contributed by atoms with E-state index in [0.717, 1.165) is 16.8 Å². The lowest BCUT2D eigenvalue weighted by atomic mass is 10.1. The first-order valence-corrected chi connectivity index (χ1v) is 13.9. The number of hydrogen-bond donors (Lipinski definition) is 1. The number of halogens is 1. The van der Waals surface area contributed by atoms with E-state index in [1.165, 1.54) is 24.4 Å². The van der Waals surface area contributed by atoms with Gasteiger partial charge in [-0.15, -0.1) is 11.6 Å². The number of allylic oxidation sites excluding steroid dienone is 1. The maximum Gasteiger partial charge on any atom is 0.385 e. The van der Waals surface area contributed by atoms with Crippen LogP contribution >= 0.6 is 11.6 Å². The summed E-state index contributed by atoms with van der Waals surface area (Å²) in [5.74, 6) is 0.343. The lowest BCUT2D eigenvalue weighted by molar-refractivity contribution is -0.635. The van der Waals surface area contributed by atoms with E-state index in [-0.39, 0.29) is 19.2 Å². The molecule has 0 amide bonds. The van der Waals surface area contributed by atoms with Crippen molar-refractivity contribution in [2.24, 2.45) is 0 Å².